The van der Waals surface area contributed by atoms with Crippen LogP contribution in [0.3, 0.4) is 0 Å². The number of rotatable bonds is 2. The first-order chi connectivity index (χ1) is 4.26. The first kappa shape index (κ1) is 9.97. The summed E-state index contributed by atoms with van der Waals surface area (Å²) in [7, 11) is 1.61. The molecule has 0 heterocycles. The molecule has 0 N–H and O–H groups in total. The molecular weight excluding hydrogens is 265 g/mol. The number of hydrogen-bond acceptors (Lipinski definition) is 2. The summed E-state index contributed by atoms with van der Waals surface area (Å²) in [5.74, 6) is 0. The van der Waals surface area contributed by atoms with Crippen molar-refractivity contribution in [1.29, 1.82) is 0 Å². The normalized spacial score (nSPS) is 9.22. The zero-order chi connectivity index (χ0) is 7.28. The third-order valence-corrected chi connectivity index (χ3v) is 4.13. The molecule has 0 bridgehead atoms. The van der Waals surface area contributed by atoms with E-state index in [0.717, 1.165) is 17.4 Å². The topological polar surface area (TPSA) is 3.24 Å². The van der Waals surface area contributed by atoms with Crippen molar-refractivity contribution in [3.63, 3.8) is 0 Å². The van der Waals surface area contributed by atoms with Crippen LogP contribution in [0.1, 0.15) is 13.8 Å². The standard InChI is InChI=1S/C5H10INS2/c1-3-7(4-2)5(8)9-6/h3-4H2,1-2H3. The molecule has 1 nitrogen and oxygen atoms in total. The number of thiocarbonyl (C=S) groups is 1. The maximum absolute atomic E-state index is 5.06. The van der Waals surface area contributed by atoms with Crippen LogP contribution >= 0.6 is 42.4 Å². The highest BCUT2D eigenvalue weighted by Gasteiger charge is 2.01. The third-order valence-electron chi connectivity index (χ3n) is 1.09. The van der Waals surface area contributed by atoms with Crippen LogP contribution in [0.15, 0.2) is 0 Å². The average Bonchev–Trinajstić information content (AvgIpc) is 1.90. The van der Waals surface area contributed by atoms with Gasteiger partial charge in [0.1, 0.15) is 4.32 Å². The molecule has 0 saturated heterocycles. The molecule has 0 rings (SSSR count). The van der Waals surface area contributed by atoms with Gasteiger partial charge >= 0.3 is 0 Å². The van der Waals surface area contributed by atoms with E-state index in [-0.39, 0.29) is 0 Å². The van der Waals surface area contributed by atoms with Crippen LogP contribution < -0.4 is 0 Å². The average molecular weight is 275 g/mol. The van der Waals surface area contributed by atoms with Gasteiger partial charge in [-0.05, 0) is 22.8 Å². The van der Waals surface area contributed by atoms with Crippen LogP contribution in [-0.2, 0) is 0 Å². The van der Waals surface area contributed by atoms with Gasteiger partial charge in [-0.2, -0.15) is 0 Å². The second kappa shape index (κ2) is 5.73. The zero-order valence-corrected chi connectivity index (χ0v) is 9.35. The van der Waals surface area contributed by atoms with Gasteiger partial charge in [0.25, 0.3) is 0 Å². The van der Waals surface area contributed by atoms with E-state index in [2.05, 4.69) is 40.0 Å². The molecule has 0 aromatic carbocycles. The van der Waals surface area contributed by atoms with Gasteiger partial charge in [0, 0.05) is 34.3 Å². The van der Waals surface area contributed by atoms with E-state index in [0.29, 0.717) is 0 Å². The fraction of sp³-hybridized carbons (Fsp3) is 0.800. The smallest absolute Gasteiger partial charge is 0.146 e. The van der Waals surface area contributed by atoms with Gasteiger partial charge in [0.15, 0.2) is 0 Å². The number of hydrogen-bond donors (Lipinski definition) is 0. The van der Waals surface area contributed by atoms with Gasteiger partial charge in [-0.1, -0.05) is 12.2 Å². The molecule has 0 aliphatic heterocycles. The maximum atomic E-state index is 5.06. The lowest BCUT2D eigenvalue weighted by atomic mass is 10.6. The quantitative estimate of drug-likeness (QED) is 0.563. The molecule has 0 radical (unpaired) electrons. The van der Waals surface area contributed by atoms with Crippen LogP contribution in [0.4, 0.5) is 0 Å². The highest BCUT2D eigenvalue weighted by Crippen LogP contribution is 2.16. The lowest BCUT2D eigenvalue weighted by Crippen LogP contribution is -2.25. The van der Waals surface area contributed by atoms with E-state index in [1.54, 1.807) is 8.93 Å². The second-order valence-corrected chi connectivity index (χ2v) is 4.02. The maximum Gasteiger partial charge on any atom is 0.146 e. The van der Waals surface area contributed by atoms with Crippen molar-refractivity contribution in [3.05, 3.63) is 0 Å². The Morgan fingerprint density at radius 2 is 2.00 bits per heavy atom. The molecule has 0 aliphatic rings. The van der Waals surface area contributed by atoms with E-state index in [1.807, 2.05) is 0 Å². The van der Waals surface area contributed by atoms with Crippen LogP contribution in [0.5, 0.6) is 0 Å². The summed E-state index contributed by atoms with van der Waals surface area (Å²) in [4.78, 5) is 2.16. The molecular formula is C5H10INS2. The Kier molecular flexibility index (Phi) is 6.35. The summed E-state index contributed by atoms with van der Waals surface area (Å²) in [6.45, 7) is 6.27. The monoisotopic (exact) mass is 275 g/mol. The molecule has 0 aromatic rings. The molecule has 0 fully saturated rings. The highest BCUT2D eigenvalue weighted by atomic mass is 127. The van der Waals surface area contributed by atoms with Crippen molar-refractivity contribution in [2.75, 3.05) is 13.1 Å². The van der Waals surface area contributed by atoms with Crippen molar-refractivity contribution in [2.45, 2.75) is 13.8 Å². The van der Waals surface area contributed by atoms with Crippen LogP contribution in [0.2, 0.25) is 0 Å². The van der Waals surface area contributed by atoms with Gasteiger partial charge in [0.05, 0.1) is 0 Å². The van der Waals surface area contributed by atoms with Crippen LogP contribution in [0, 0.1) is 0 Å². The minimum atomic E-state index is 0.987. The molecule has 0 amide bonds. The lowest BCUT2D eigenvalue weighted by molar-refractivity contribution is 0.482. The highest BCUT2D eigenvalue weighted by molar-refractivity contribution is 14.2. The Morgan fingerprint density at radius 3 is 2.11 bits per heavy atom. The van der Waals surface area contributed by atoms with Crippen molar-refractivity contribution in [3.8, 4) is 0 Å². The third kappa shape index (κ3) is 3.62. The van der Waals surface area contributed by atoms with Gasteiger partial charge in [-0.25, -0.2) is 0 Å². The summed E-state index contributed by atoms with van der Waals surface area (Å²) < 4.78 is 0.987. The Bertz CT molecular complexity index is 93.0. The van der Waals surface area contributed by atoms with E-state index in [9.17, 15) is 0 Å². The fourth-order valence-corrected chi connectivity index (χ4v) is 1.98. The van der Waals surface area contributed by atoms with Gasteiger partial charge in [-0.15, -0.1) is 0 Å². The largest absolute Gasteiger partial charge is 0.357 e. The first-order valence-corrected chi connectivity index (χ1v) is 6.60. The Morgan fingerprint density at radius 1 is 1.56 bits per heavy atom. The van der Waals surface area contributed by atoms with Crippen molar-refractivity contribution >= 4 is 46.7 Å². The Hall–Kier alpha value is 0.970. The first-order valence-electron chi connectivity index (χ1n) is 2.83. The summed E-state index contributed by atoms with van der Waals surface area (Å²) in [6.07, 6.45) is 0. The predicted molar refractivity (Wildman–Crippen MR) is 57.1 cm³/mol. The lowest BCUT2D eigenvalue weighted by Gasteiger charge is -2.18. The minimum absolute atomic E-state index is 0.987. The van der Waals surface area contributed by atoms with Gasteiger partial charge in [0.2, 0.25) is 0 Å². The van der Waals surface area contributed by atoms with Gasteiger partial charge in [-0.3, -0.25) is 0 Å². The van der Waals surface area contributed by atoms with Crippen molar-refractivity contribution < 1.29 is 0 Å². The molecule has 0 aromatic heterocycles. The predicted octanol–water partition coefficient (Wildman–Crippen LogP) is 2.70. The molecule has 9 heavy (non-hydrogen) atoms. The van der Waals surface area contributed by atoms with Crippen LogP contribution in [0.25, 0.3) is 0 Å². The zero-order valence-electron chi connectivity index (χ0n) is 5.56. The summed E-state index contributed by atoms with van der Waals surface area (Å²) in [6, 6.07) is 0. The van der Waals surface area contributed by atoms with Crippen molar-refractivity contribution in [1.82, 2.24) is 4.90 Å². The van der Waals surface area contributed by atoms with Crippen LogP contribution in [-0.4, -0.2) is 22.3 Å². The van der Waals surface area contributed by atoms with E-state index >= 15 is 0 Å². The fourth-order valence-electron chi connectivity index (χ4n) is 0.531. The summed E-state index contributed by atoms with van der Waals surface area (Å²) in [5.41, 5.74) is 0. The van der Waals surface area contributed by atoms with Gasteiger partial charge < -0.3 is 4.90 Å². The summed E-state index contributed by atoms with van der Waals surface area (Å²) in [5, 5.41) is 0. The molecule has 0 saturated carbocycles. The second-order valence-electron chi connectivity index (χ2n) is 1.52. The van der Waals surface area contributed by atoms with Crippen molar-refractivity contribution in [2.24, 2.45) is 0 Å². The molecule has 0 unspecified atom stereocenters. The van der Waals surface area contributed by atoms with E-state index in [1.165, 1.54) is 0 Å². The summed E-state index contributed by atoms with van der Waals surface area (Å²) >= 11 is 7.27. The molecule has 0 spiro atoms. The molecule has 54 valence electrons. The number of halogens is 1. The SMILES string of the molecule is CCN(CC)C(=S)SI. The van der Waals surface area contributed by atoms with E-state index in [4.69, 9.17) is 12.2 Å². The minimum Gasteiger partial charge on any atom is -0.357 e. The number of nitrogens with zero attached hydrogens (tertiary/aromatic N) is 1. The Labute approximate surface area is 78.1 Å². The van der Waals surface area contributed by atoms with E-state index < -0.39 is 0 Å². The molecule has 0 aliphatic carbocycles. The molecule has 0 atom stereocenters. The molecule has 4 heteroatoms. The Balaban J connectivity index is 3.64.